The summed E-state index contributed by atoms with van der Waals surface area (Å²) in [5.74, 6) is -0.167. The van der Waals surface area contributed by atoms with Crippen LogP contribution in [0.4, 0.5) is 0 Å². The summed E-state index contributed by atoms with van der Waals surface area (Å²) in [6.45, 7) is 0.959. The lowest BCUT2D eigenvalue weighted by Crippen LogP contribution is -2.08. The summed E-state index contributed by atoms with van der Waals surface area (Å²) < 4.78 is 2.42. The van der Waals surface area contributed by atoms with Gasteiger partial charge in [-0.2, -0.15) is 10.5 Å². The standard InChI is InChI=1S/C32H21N3O/c33-19-23(20-34)29-24-13-4-5-14-27(24)32(36)28(29)17-7-16-26-25-15-6-11-22-12-8-18-35(31(22)25)30(26)21-9-2-1-3-10-21/h1-7,9-11,13-17H,8,12,18H2/b16-7+,28-17-. The molecular weight excluding hydrogens is 442 g/mol. The van der Waals surface area contributed by atoms with Crippen LogP contribution in [0.25, 0.3) is 33.8 Å². The zero-order valence-electron chi connectivity index (χ0n) is 19.5. The molecule has 4 aromatic rings. The Morgan fingerprint density at radius 3 is 2.42 bits per heavy atom. The molecule has 2 heterocycles. The molecule has 0 atom stereocenters. The minimum absolute atomic E-state index is 0.0509. The normalized spacial score (nSPS) is 15.3. The molecule has 0 amide bonds. The fraction of sp³-hybridized carbons (Fsp3) is 0.0938. The van der Waals surface area contributed by atoms with Gasteiger partial charge in [0.15, 0.2) is 5.78 Å². The molecule has 6 rings (SSSR count). The highest BCUT2D eigenvalue weighted by Crippen LogP contribution is 2.40. The summed E-state index contributed by atoms with van der Waals surface area (Å²) in [5, 5.41) is 20.3. The second-order valence-corrected chi connectivity index (χ2v) is 8.98. The van der Waals surface area contributed by atoms with Crippen molar-refractivity contribution >= 4 is 28.3 Å². The third-order valence-electron chi connectivity index (χ3n) is 7.03. The Hall–Kier alpha value is -4.93. The van der Waals surface area contributed by atoms with Crippen LogP contribution in [0.3, 0.4) is 0 Å². The summed E-state index contributed by atoms with van der Waals surface area (Å²) in [6, 6.07) is 28.0. The maximum atomic E-state index is 13.2. The number of rotatable bonds is 3. The third kappa shape index (κ3) is 3.24. The van der Waals surface area contributed by atoms with Crippen molar-refractivity contribution in [2.45, 2.75) is 19.4 Å². The van der Waals surface area contributed by atoms with Gasteiger partial charge in [-0.05, 0) is 29.5 Å². The van der Waals surface area contributed by atoms with Gasteiger partial charge >= 0.3 is 0 Å². The molecule has 2 aliphatic rings. The number of benzene rings is 3. The molecule has 0 spiro atoms. The molecule has 0 saturated carbocycles. The SMILES string of the molecule is N#CC(C#N)=C1/C(=C/C=C/c2c(-c3ccccc3)n3c4c(cccc24)CCC3)C(=O)c2ccccc21. The largest absolute Gasteiger partial charge is 0.340 e. The molecule has 3 aromatic carbocycles. The first kappa shape index (κ1) is 21.6. The van der Waals surface area contributed by atoms with Gasteiger partial charge in [-0.1, -0.05) is 91.0 Å². The highest BCUT2D eigenvalue weighted by atomic mass is 16.1. The number of hydrogen-bond acceptors (Lipinski definition) is 3. The van der Waals surface area contributed by atoms with Gasteiger partial charge in [0.05, 0.1) is 11.2 Å². The van der Waals surface area contributed by atoms with E-state index in [1.807, 2.05) is 30.3 Å². The number of nitriles is 2. The van der Waals surface area contributed by atoms with Crippen LogP contribution in [0.2, 0.25) is 0 Å². The first-order chi connectivity index (χ1) is 17.7. The van der Waals surface area contributed by atoms with E-state index in [9.17, 15) is 15.3 Å². The maximum Gasteiger partial charge on any atom is 0.194 e. The summed E-state index contributed by atoms with van der Waals surface area (Å²) in [7, 11) is 0. The fourth-order valence-corrected chi connectivity index (χ4v) is 5.55. The van der Waals surface area contributed by atoms with Crippen molar-refractivity contribution in [3.05, 3.63) is 118 Å². The van der Waals surface area contributed by atoms with Gasteiger partial charge in [0, 0.05) is 34.2 Å². The van der Waals surface area contributed by atoms with E-state index in [1.165, 1.54) is 22.2 Å². The maximum absolute atomic E-state index is 13.2. The van der Waals surface area contributed by atoms with Gasteiger partial charge in [-0.3, -0.25) is 4.79 Å². The fourth-order valence-electron chi connectivity index (χ4n) is 5.55. The first-order valence-corrected chi connectivity index (χ1v) is 12.0. The molecule has 1 aliphatic carbocycles. The Balaban J connectivity index is 1.54. The average molecular weight is 464 g/mol. The Labute approximate surface area is 209 Å². The van der Waals surface area contributed by atoms with E-state index in [4.69, 9.17) is 0 Å². The number of para-hydroxylation sites is 1. The van der Waals surface area contributed by atoms with Crippen molar-refractivity contribution in [3.8, 4) is 23.4 Å². The molecule has 36 heavy (non-hydrogen) atoms. The van der Waals surface area contributed by atoms with E-state index >= 15 is 0 Å². The van der Waals surface area contributed by atoms with Crippen LogP contribution in [0.15, 0.2) is 96.1 Å². The monoisotopic (exact) mass is 463 g/mol. The second kappa shape index (κ2) is 8.69. The van der Waals surface area contributed by atoms with Gasteiger partial charge in [-0.15, -0.1) is 0 Å². The van der Waals surface area contributed by atoms with Crippen LogP contribution in [-0.2, 0) is 13.0 Å². The smallest absolute Gasteiger partial charge is 0.194 e. The predicted octanol–water partition coefficient (Wildman–Crippen LogP) is 6.89. The summed E-state index contributed by atoms with van der Waals surface area (Å²) in [4.78, 5) is 13.2. The van der Waals surface area contributed by atoms with Crippen molar-refractivity contribution in [2.24, 2.45) is 0 Å². The van der Waals surface area contributed by atoms with Crippen molar-refractivity contribution in [1.82, 2.24) is 4.57 Å². The van der Waals surface area contributed by atoms with E-state index in [0.717, 1.165) is 30.5 Å². The molecule has 4 heteroatoms. The lowest BCUT2D eigenvalue weighted by molar-refractivity contribution is 0.104. The molecule has 170 valence electrons. The lowest BCUT2D eigenvalue weighted by Gasteiger charge is -2.18. The number of ketones is 1. The van der Waals surface area contributed by atoms with Gasteiger partial charge < -0.3 is 4.57 Å². The summed E-state index contributed by atoms with van der Waals surface area (Å²) in [5.41, 5.74) is 7.94. The Morgan fingerprint density at radius 2 is 1.64 bits per heavy atom. The van der Waals surface area contributed by atoms with Crippen molar-refractivity contribution in [3.63, 3.8) is 0 Å². The van der Waals surface area contributed by atoms with Gasteiger partial charge in [0.25, 0.3) is 0 Å². The Kier molecular flexibility index (Phi) is 5.21. The zero-order valence-corrected chi connectivity index (χ0v) is 19.5. The van der Waals surface area contributed by atoms with Crippen molar-refractivity contribution in [1.29, 1.82) is 10.5 Å². The number of aryl methyl sites for hydroxylation is 2. The number of fused-ring (bicyclic) bond motifs is 1. The van der Waals surface area contributed by atoms with Gasteiger partial charge in [-0.25, -0.2) is 0 Å². The number of carbonyl (C=O) groups excluding carboxylic acids is 1. The van der Waals surface area contributed by atoms with Crippen LogP contribution >= 0.6 is 0 Å². The van der Waals surface area contributed by atoms with Crippen LogP contribution in [0, 0.1) is 22.7 Å². The Morgan fingerprint density at radius 1 is 0.889 bits per heavy atom. The third-order valence-corrected chi connectivity index (χ3v) is 7.03. The molecule has 0 saturated heterocycles. The van der Waals surface area contributed by atoms with Gasteiger partial charge in [0.1, 0.15) is 17.7 Å². The minimum atomic E-state index is -0.167. The Bertz CT molecular complexity index is 1720. The lowest BCUT2D eigenvalue weighted by atomic mass is 9.99. The molecule has 0 bridgehead atoms. The number of hydrogen-bond donors (Lipinski definition) is 0. The molecular formula is C32H21N3O. The summed E-state index contributed by atoms with van der Waals surface area (Å²) >= 11 is 0. The zero-order chi connectivity index (χ0) is 24.6. The molecule has 0 N–H and O–H groups in total. The highest BCUT2D eigenvalue weighted by molar-refractivity contribution is 6.27. The molecule has 0 radical (unpaired) electrons. The molecule has 1 aromatic heterocycles. The van der Waals surface area contributed by atoms with Crippen LogP contribution < -0.4 is 0 Å². The number of nitrogens with zero attached hydrogens (tertiary/aromatic N) is 3. The van der Waals surface area contributed by atoms with E-state index in [0.29, 0.717) is 22.3 Å². The minimum Gasteiger partial charge on any atom is -0.340 e. The highest BCUT2D eigenvalue weighted by Gasteiger charge is 2.31. The van der Waals surface area contributed by atoms with Crippen molar-refractivity contribution < 1.29 is 4.79 Å². The molecule has 0 unspecified atom stereocenters. The van der Waals surface area contributed by atoms with Crippen LogP contribution in [0.1, 0.15) is 33.5 Å². The average Bonchev–Trinajstić information content (AvgIpc) is 3.39. The van der Waals surface area contributed by atoms with Gasteiger partial charge in [0.2, 0.25) is 0 Å². The van der Waals surface area contributed by atoms with Crippen LogP contribution in [0.5, 0.6) is 0 Å². The van der Waals surface area contributed by atoms with E-state index in [1.54, 1.807) is 24.3 Å². The predicted molar refractivity (Wildman–Crippen MR) is 142 cm³/mol. The number of aromatic nitrogens is 1. The quantitative estimate of drug-likeness (QED) is 0.245. The van der Waals surface area contributed by atoms with E-state index in [-0.39, 0.29) is 11.4 Å². The van der Waals surface area contributed by atoms with Crippen molar-refractivity contribution in [2.75, 3.05) is 0 Å². The molecule has 4 nitrogen and oxygen atoms in total. The van der Waals surface area contributed by atoms with E-state index < -0.39 is 0 Å². The first-order valence-electron chi connectivity index (χ1n) is 12.0. The second-order valence-electron chi connectivity index (χ2n) is 8.98. The van der Waals surface area contributed by atoms with Crippen LogP contribution in [-0.4, -0.2) is 10.4 Å². The summed E-state index contributed by atoms with van der Waals surface area (Å²) in [6.07, 6.45) is 7.83. The van der Waals surface area contributed by atoms with E-state index in [2.05, 4.69) is 53.1 Å². The number of allylic oxidation sites excluding steroid dienone is 5. The number of carbonyl (C=O) groups is 1. The topological polar surface area (TPSA) is 69.6 Å². The number of Topliss-reactive ketones (excluding diaryl/α,β-unsaturated/α-hetero) is 1. The molecule has 0 fully saturated rings. The molecule has 1 aliphatic heterocycles.